The lowest BCUT2D eigenvalue weighted by molar-refractivity contribution is -0.176. The Morgan fingerprint density at radius 2 is 1.08 bits per heavy atom. The smallest absolute Gasteiger partial charge is 0.347 e. The van der Waals surface area contributed by atoms with E-state index in [1.807, 2.05) is 12.1 Å². The molecule has 2 rings (SSSR count). The van der Waals surface area contributed by atoms with E-state index in [0.29, 0.717) is 11.5 Å². The Morgan fingerprint density at radius 3 is 1.54 bits per heavy atom. The Hall–Kier alpha value is -4.12. The number of ether oxygens (including phenoxy) is 6. The van der Waals surface area contributed by atoms with Crippen molar-refractivity contribution < 1.29 is 52.7 Å². The van der Waals surface area contributed by atoms with Gasteiger partial charge in [0, 0.05) is 0 Å². The average molecular weight is 519 g/mol. The highest BCUT2D eigenvalue weighted by Gasteiger charge is 2.28. The molecule has 3 atom stereocenters. The van der Waals surface area contributed by atoms with Gasteiger partial charge in [-0.3, -0.25) is 4.79 Å². The number of esters is 4. The topological polar surface area (TPSA) is 144 Å². The van der Waals surface area contributed by atoms with Crippen molar-refractivity contribution in [2.75, 3.05) is 26.4 Å². The van der Waals surface area contributed by atoms with Gasteiger partial charge in [-0.2, -0.15) is 0 Å². The summed E-state index contributed by atoms with van der Waals surface area (Å²) in [5.41, 5.74) is 0. The first-order valence-electron chi connectivity index (χ1n) is 11.5. The zero-order chi connectivity index (χ0) is 27.0. The molecule has 2 aromatic rings. The lowest BCUT2D eigenvalue weighted by Crippen LogP contribution is -2.35. The molecule has 11 heteroatoms. The first kappa shape index (κ1) is 29.1. The third-order valence-electron chi connectivity index (χ3n) is 4.58. The van der Waals surface area contributed by atoms with Crippen LogP contribution >= 0.6 is 0 Å². The molecule has 0 amide bonds. The Morgan fingerprint density at radius 1 is 0.649 bits per heavy atom. The van der Waals surface area contributed by atoms with Crippen LogP contribution in [0.5, 0.6) is 11.5 Å². The first-order valence-corrected chi connectivity index (χ1v) is 11.5. The van der Waals surface area contributed by atoms with Crippen LogP contribution in [0.1, 0.15) is 20.3 Å². The zero-order valence-corrected chi connectivity index (χ0v) is 20.6. The van der Waals surface area contributed by atoms with Crippen molar-refractivity contribution in [2.24, 2.45) is 0 Å². The molecule has 0 saturated heterocycles. The quantitative estimate of drug-likeness (QED) is 0.209. The zero-order valence-electron chi connectivity index (χ0n) is 20.6. The van der Waals surface area contributed by atoms with Crippen LogP contribution < -0.4 is 9.47 Å². The number of para-hydroxylation sites is 2. The molecule has 0 aliphatic carbocycles. The molecule has 0 aromatic heterocycles. The van der Waals surface area contributed by atoms with Gasteiger partial charge in [0.15, 0.2) is 18.3 Å². The summed E-state index contributed by atoms with van der Waals surface area (Å²) >= 11 is 0. The summed E-state index contributed by atoms with van der Waals surface area (Å²) < 4.78 is 30.4. The second kappa shape index (κ2) is 15.8. The van der Waals surface area contributed by atoms with Crippen molar-refractivity contribution in [3.05, 3.63) is 60.7 Å². The van der Waals surface area contributed by atoms with Gasteiger partial charge in [-0.1, -0.05) is 36.4 Å². The molecule has 0 aliphatic heterocycles. The van der Waals surface area contributed by atoms with Crippen LogP contribution in [-0.2, 0) is 38.1 Å². The van der Waals surface area contributed by atoms with Gasteiger partial charge in [-0.05, 0) is 38.1 Å². The van der Waals surface area contributed by atoms with Crippen LogP contribution in [-0.4, -0.2) is 73.7 Å². The molecular weight excluding hydrogens is 488 g/mol. The van der Waals surface area contributed by atoms with Crippen molar-refractivity contribution >= 4 is 23.9 Å². The van der Waals surface area contributed by atoms with E-state index in [4.69, 9.17) is 28.4 Å². The molecule has 37 heavy (non-hydrogen) atoms. The fourth-order valence-corrected chi connectivity index (χ4v) is 2.71. The summed E-state index contributed by atoms with van der Waals surface area (Å²) in [6, 6.07) is 17.8. The molecule has 200 valence electrons. The van der Waals surface area contributed by atoms with Crippen LogP contribution in [0.4, 0.5) is 0 Å². The third kappa shape index (κ3) is 11.4. The van der Waals surface area contributed by atoms with Crippen LogP contribution in [0.15, 0.2) is 60.7 Å². The molecule has 0 bridgehead atoms. The highest BCUT2D eigenvalue weighted by atomic mass is 16.6. The summed E-state index contributed by atoms with van der Waals surface area (Å²) in [5, 5.41) is 9.91. The monoisotopic (exact) mass is 518 g/mol. The van der Waals surface area contributed by atoms with Gasteiger partial charge >= 0.3 is 23.9 Å². The van der Waals surface area contributed by atoms with Crippen molar-refractivity contribution in [3.63, 3.8) is 0 Å². The predicted molar refractivity (Wildman–Crippen MR) is 128 cm³/mol. The SMILES string of the molecule is CC(OC(=O)CC(O)C(=O)OC(C)C(=O)OCCOc1ccccc1)C(=O)OCCOc1ccccc1. The largest absolute Gasteiger partial charge is 0.490 e. The van der Waals surface area contributed by atoms with E-state index in [-0.39, 0.29) is 26.4 Å². The predicted octanol–water partition coefficient (Wildman–Crippen LogP) is 1.85. The van der Waals surface area contributed by atoms with Gasteiger partial charge in [-0.15, -0.1) is 0 Å². The van der Waals surface area contributed by atoms with Gasteiger partial charge < -0.3 is 33.5 Å². The number of carbonyl (C=O) groups is 4. The van der Waals surface area contributed by atoms with Crippen molar-refractivity contribution in [2.45, 2.75) is 38.6 Å². The van der Waals surface area contributed by atoms with Crippen molar-refractivity contribution in [1.82, 2.24) is 0 Å². The number of aliphatic hydroxyl groups excluding tert-OH is 1. The van der Waals surface area contributed by atoms with E-state index in [1.165, 1.54) is 13.8 Å². The maximum absolute atomic E-state index is 12.0. The summed E-state index contributed by atoms with van der Waals surface area (Å²) in [4.78, 5) is 47.9. The van der Waals surface area contributed by atoms with E-state index in [9.17, 15) is 24.3 Å². The minimum atomic E-state index is -1.91. The third-order valence-corrected chi connectivity index (χ3v) is 4.58. The van der Waals surface area contributed by atoms with Gasteiger partial charge in [0.05, 0.1) is 6.42 Å². The fourth-order valence-electron chi connectivity index (χ4n) is 2.71. The maximum Gasteiger partial charge on any atom is 0.347 e. The summed E-state index contributed by atoms with van der Waals surface area (Å²) in [5.74, 6) is -2.73. The van der Waals surface area contributed by atoms with Gasteiger partial charge in [-0.25, -0.2) is 14.4 Å². The molecule has 0 fully saturated rings. The number of aliphatic hydroxyl groups is 1. The van der Waals surface area contributed by atoms with Gasteiger partial charge in [0.2, 0.25) is 0 Å². The summed E-state index contributed by atoms with van der Waals surface area (Å²) in [7, 11) is 0. The molecule has 11 nitrogen and oxygen atoms in total. The minimum absolute atomic E-state index is 0.0725. The fraction of sp³-hybridized carbons (Fsp3) is 0.385. The highest BCUT2D eigenvalue weighted by molar-refractivity contribution is 5.85. The standard InChI is InChI=1S/C26H30O11/c1-18(24(29)34-15-13-32-20-9-5-3-6-10-20)36-23(28)17-22(27)26(31)37-19(2)25(30)35-16-14-33-21-11-7-4-8-12-21/h3-12,18-19,22,27H,13-17H2,1-2H3. The van der Waals surface area contributed by atoms with Crippen LogP contribution in [0.3, 0.4) is 0 Å². The lowest BCUT2D eigenvalue weighted by Gasteiger charge is -2.16. The van der Waals surface area contributed by atoms with Crippen LogP contribution in [0, 0.1) is 0 Å². The molecule has 1 N–H and O–H groups in total. The molecule has 3 unspecified atom stereocenters. The normalized spacial score (nSPS) is 12.8. The molecule has 0 saturated carbocycles. The number of hydrogen-bond acceptors (Lipinski definition) is 11. The summed E-state index contributed by atoms with van der Waals surface area (Å²) in [6.07, 6.45) is -5.31. The second-order valence-corrected chi connectivity index (χ2v) is 7.59. The lowest BCUT2D eigenvalue weighted by atomic mass is 10.2. The van der Waals surface area contributed by atoms with E-state index >= 15 is 0 Å². The van der Waals surface area contributed by atoms with Crippen molar-refractivity contribution in [3.8, 4) is 11.5 Å². The number of carbonyl (C=O) groups excluding carboxylic acids is 4. The van der Waals surface area contributed by atoms with Crippen LogP contribution in [0.25, 0.3) is 0 Å². The highest BCUT2D eigenvalue weighted by Crippen LogP contribution is 2.09. The average Bonchev–Trinajstić information content (AvgIpc) is 2.89. The molecule has 0 spiro atoms. The molecule has 2 aromatic carbocycles. The van der Waals surface area contributed by atoms with E-state index in [1.54, 1.807) is 48.5 Å². The molecule has 0 aliphatic rings. The van der Waals surface area contributed by atoms with Gasteiger partial charge in [0.1, 0.15) is 37.9 Å². The van der Waals surface area contributed by atoms with E-state index < -0.39 is 48.6 Å². The Labute approximate surface area is 214 Å². The van der Waals surface area contributed by atoms with Crippen LogP contribution in [0.2, 0.25) is 0 Å². The second-order valence-electron chi connectivity index (χ2n) is 7.59. The Kier molecular flexibility index (Phi) is 12.4. The number of benzene rings is 2. The van der Waals surface area contributed by atoms with Gasteiger partial charge in [0.25, 0.3) is 0 Å². The number of rotatable bonds is 15. The molecule has 0 heterocycles. The van der Waals surface area contributed by atoms with E-state index in [0.717, 1.165) is 0 Å². The van der Waals surface area contributed by atoms with E-state index in [2.05, 4.69) is 0 Å². The number of hydrogen-bond donors (Lipinski definition) is 1. The Balaban J connectivity index is 1.61. The maximum atomic E-state index is 12.0. The molecule has 0 radical (unpaired) electrons. The van der Waals surface area contributed by atoms with Crippen molar-refractivity contribution in [1.29, 1.82) is 0 Å². The minimum Gasteiger partial charge on any atom is -0.490 e. The Bertz CT molecular complexity index is 994. The first-order chi connectivity index (χ1) is 17.8. The molecular formula is C26H30O11. The summed E-state index contributed by atoms with van der Waals surface area (Å²) in [6.45, 7) is 2.56.